The van der Waals surface area contributed by atoms with Gasteiger partial charge < -0.3 is 10.1 Å². The Morgan fingerprint density at radius 2 is 1.80 bits per heavy atom. The molecule has 4 rings (SSSR count). The van der Waals surface area contributed by atoms with Crippen LogP contribution in [0.1, 0.15) is 21.7 Å². The molecule has 2 heterocycles. The fraction of sp³-hybridized carbons (Fsp3) is 0.125. The molecule has 1 N–H and O–H groups in total. The van der Waals surface area contributed by atoms with Gasteiger partial charge in [0.05, 0.1) is 30.7 Å². The van der Waals surface area contributed by atoms with Crippen molar-refractivity contribution in [3.05, 3.63) is 95.9 Å². The van der Waals surface area contributed by atoms with Gasteiger partial charge in [-0.25, -0.2) is 4.68 Å². The number of aromatic nitrogens is 3. The Morgan fingerprint density at radius 3 is 2.47 bits per heavy atom. The first-order chi connectivity index (χ1) is 14.6. The number of hydrogen-bond acceptors (Lipinski definition) is 4. The van der Waals surface area contributed by atoms with Gasteiger partial charge in [-0.15, -0.1) is 0 Å². The lowest BCUT2D eigenvalue weighted by molar-refractivity contribution is 0.0942. The summed E-state index contributed by atoms with van der Waals surface area (Å²) in [5, 5.41) is 7.65. The van der Waals surface area contributed by atoms with Crippen molar-refractivity contribution >= 4 is 5.91 Å². The van der Waals surface area contributed by atoms with Gasteiger partial charge >= 0.3 is 0 Å². The highest BCUT2D eigenvalue weighted by atomic mass is 16.5. The van der Waals surface area contributed by atoms with Gasteiger partial charge in [-0.2, -0.15) is 5.10 Å². The van der Waals surface area contributed by atoms with Crippen LogP contribution in [0.2, 0.25) is 0 Å². The van der Waals surface area contributed by atoms with Crippen molar-refractivity contribution in [3.63, 3.8) is 0 Å². The van der Waals surface area contributed by atoms with Gasteiger partial charge in [0.25, 0.3) is 5.91 Å². The zero-order valence-corrected chi connectivity index (χ0v) is 16.9. The molecule has 0 radical (unpaired) electrons. The number of amides is 1. The summed E-state index contributed by atoms with van der Waals surface area (Å²) in [6, 6.07) is 22.9. The van der Waals surface area contributed by atoms with Gasteiger partial charge in [-0.05, 0) is 61.5 Å². The van der Waals surface area contributed by atoms with E-state index >= 15 is 0 Å². The van der Waals surface area contributed by atoms with E-state index in [1.54, 1.807) is 24.1 Å². The first-order valence-electron chi connectivity index (χ1n) is 9.63. The van der Waals surface area contributed by atoms with Crippen LogP contribution in [0.4, 0.5) is 0 Å². The molecule has 6 heteroatoms. The molecule has 0 aliphatic heterocycles. The number of carbonyl (C=O) groups is 1. The van der Waals surface area contributed by atoms with Crippen LogP contribution in [0.3, 0.4) is 0 Å². The van der Waals surface area contributed by atoms with E-state index in [1.165, 1.54) is 0 Å². The van der Waals surface area contributed by atoms with E-state index < -0.39 is 0 Å². The fourth-order valence-corrected chi connectivity index (χ4v) is 3.09. The first-order valence-corrected chi connectivity index (χ1v) is 9.63. The highest BCUT2D eigenvalue weighted by molar-refractivity contribution is 5.94. The normalized spacial score (nSPS) is 10.6. The lowest BCUT2D eigenvalue weighted by Crippen LogP contribution is -2.25. The standard InChI is InChI=1S/C24H22N4O2/c1-17-6-10-20(11-7-17)28-23(24(29)26-16-19-5-3-4-14-25-19)15-22(27-28)18-8-12-21(30-2)13-9-18/h3-15H,16H2,1-2H3,(H,26,29). The maximum Gasteiger partial charge on any atom is 0.270 e. The number of benzene rings is 2. The topological polar surface area (TPSA) is 69.0 Å². The van der Waals surface area contributed by atoms with Crippen LogP contribution < -0.4 is 10.1 Å². The molecular formula is C24H22N4O2. The summed E-state index contributed by atoms with van der Waals surface area (Å²) in [6.45, 7) is 2.37. The molecule has 0 bridgehead atoms. The Labute approximate surface area is 175 Å². The molecule has 2 aromatic carbocycles. The third-order valence-corrected chi connectivity index (χ3v) is 4.76. The number of rotatable bonds is 6. The average molecular weight is 398 g/mol. The molecule has 0 saturated carbocycles. The molecule has 30 heavy (non-hydrogen) atoms. The Balaban J connectivity index is 1.68. The van der Waals surface area contributed by atoms with Crippen LogP contribution >= 0.6 is 0 Å². The third-order valence-electron chi connectivity index (χ3n) is 4.76. The minimum absolute atomic E-state index is 0.214. The molecule has 0 atom stereocenters. The van der Waals surface area contributed by atoms with Gasteiger partial charge in [0, 0.05) is 11.8 Å². The number of aryl methyl sites for hydroxylation is 1. The van der Waals surface area contributed by atoms with Gasteiger partial charge in [-0.3, -0.25) is 9.78 Å². The maximum absolute atomic E-state index is 13.0. The number of methoxy groups -OCH3 is 1. The molecule has 0 aliphatic rings. The molecule has 0 saturated heterocycles. The minimum atomic E-state index is -0.214. The van der Waals surface area contributed by atoms with E-state index in [4.69, 9.17) is 9.84 Å². The summed E-state index contributed by atoms with van der Waals surface area (Å²) < 4.78 is 6.90. The Kier molecular flexibility index (Phi) is 5.57. The van der Waals surface area contributed by atoms with Crippen LogP contribution in [0, 0.1) is 6.92 Å². The van der Waals surface area contributed by atoms with Crippen LogP contribution in [0.5, 0.6) is 5.75 Å². The predicted molar refractivity (Wildman–Crippen MR) is 116 cm³/mol. The van der Waals surface area contributed by atoms with Crippen molar-refractivity contribution in [3.8, 4) is 22.7 Å². The molecule has 4 aromatic rings. The Morgan fingerprint density at radius 1 is 1.03 bits per heavy atom. The summed E-state index contributed by atoms with van der Waals surface area (Å²) in [6.07, 6.45) is 1.71. The monoisotopic (exact) mass is 398 g/mol. The van der Waals surface area contributed by atoms with Gasteiger partial charge in [-0.1, -0.05) is 23.8 Å². The van der Waals surface area contributed by atoms with E-state index in [1.807, 2.05) is 73.7 Å². The lowest BCUT2D eigenvalue weighted by atomic mass is 10.1. The molecule has 0 fully saturated rings. The number of nitrogens with one attached hydrogen (secondary N) is 1. The van der Waals surface area contributed by atoms with Crippen molar-refractivity contribution in [1.29, 1.82) is 0 Å². The third kappa shape index (κ3) is 4.22. The molecule has 0 spiro atoms. The highest BCUT2D eigenvalue weighted by Gasteiger charge is 2.18. The second-order valence-electron chi connectivity index (χ2n) is 6.89. The van der Waals surface area contributed by atoms with E-state index in [2.05, 4.69) is 10.3 Å². The lowest BCUT2D eigenvalue weighted by Gasteiger charge is -2.08. The molecule has 0 aliphatic carbocycles. The van der Waals surface area contributed by atoms with E-state index in [0.29, 0.717) is 17.9 Å². The van der Waals surface area contributed by atoms with Gasteiger partial charge in [0.15, 0.2) is 0 Å². The predicted octanol–water partition coefficient (Wildman–Crippen LogP) is 4.18. The van der Waals surface area contributed by atoms with E-state index in [0.717, 1.165) is 28.3 Å². The largest absolute Gasteiger partial charge is 0.497 e. The molecule has 0 unspecified atom stereocenters. The molecule has 1 amide bonds. The molecule has 6 nitrogen and oxygen atoms in total. The number of nitrogens with zero attached hydrogens (tertiary/aromatic N) is 3. The molecule has 150 valence electrons. The number of ether oxygens (including phenoxy) is 1. The second-order valence-corrected chi connectivity index (χ2v) is 6.89. The van der Waals surface area contributed by atoms with Crippen molar-refractivity contribution in [2.45, 2.75) is 13.5 Å². The second kappa shape index (κ2) is 8.61. The van der Waals surface area contributed by atoms with Crippen LogP contribution in [-0.2, 0) is 6.54 Å². The Bertz CT molecular complexity index is 1130. The maximum atomic E-state index is 13.0. The molecular weight excluding hydrogens is 376 g/mol. The smallest absolute Gasteiger partial charge is 0.270 e. The summed E-state index contributed by atoms with van der Waals surface area (Å²) in [5.41, 5.74) is 4.83. The SMILES string of the molecule is COc1ccc(-c2cc(C(=O)NCc3ccccn3)n(-c3ccc(C)cc3)n2)cc1. The average Bonchev–Trinajstić information content (AvgIpc) is 3.24. The van der Waals surface area contributed by atoms with E-state index in [-0.39, 0.29) is 5.91 Å². The zero-order chi connectivity index (χ0) is 20.9. The minimum Gasteiger partial charge on any atom is -0.497 e. The van der Waals surface area contributed by atoms with Crippen molar-refractivity contribution in [2.75, 3.05) is 7.11 Å². The van der Waals surface area contributed by atoms with Crippen LogP contribution in [-0.4, -0.2) is 27.8 Å². The number of pyridine rings is 1. The van der Waals surface area contributed by atoms with Crippen molar-refractivity contribution in [1.82, 2.24) is 20.1 Å². The van der Waals surface area contributed by atoms with E-state index in [9.17, 15) is 4.79 Å². The zero-order valence-electron chi connectivity index (χ0n) is 16.9. The summed E-state index contributed by atoms with van der Waals surface area (Å²) >= 11 is 0. The van der Waals surface area contributed by atoms with Gasteiger partial charge in [0.2, 0.25) is 0 Å². The van der Waals surface area contributed by atoms with Crippen LogP contribution in [0.15, 0.2) is 79.0 Å². The molecule has 2 aromatic heterocycles. The quantitative estimate of drug-likeness (QED) is 0.529. The van der Waals surface area contributed by atoms with Crippen molar-refractivity contribution < 1.29 is 9.53 Å². The summed E-state index contributed by atoms with van der Waals surface area (Å²) in [4.78, 5) is 17.3. The van der Waals surface area contributed by atoms with Crippen molar-refractivity contribution in [2.24, 2.45) is 0 Å². The number of carbonyl (C=O) groups excluding carboxylic acids is 1. The van der Waals surface area contributed by atoms with Crippen LogP contribution in [0.25, 0.3) is 16.9 Å². The first kappa shape index (κ1) is 19.4. The van der Waals surface area contributed by atoms with Gasteiger partial charge in [0.1, 0.15) is 11.4 Å². The summed E-state index contributed by atoms with van der Waals surface area (Å²) in [5.74, 6) is 0.554. The fourth-order valence-electron chi connectivity index (χ4n) is 3.09. The number of hydrogen-bond donors (Lipinski definition) is 1. The summed E-state index contributed by atoms with van der Waals surface area (Å²) in [7, 11) is 1.63. The highest BCUT2D eigenvalue weighted by Crippen LogP contribution is 2.24. The Hall–Kier alpha value is -3.93.